The van der Waals surface area contributed by atoms with E-state index in [0.717, 1.165) is 13.0 Å². The molecule has 0 aliphatic rings. The van der Waals surface area contributed by atoms with Crippen LogP contribution < -0.4 is 10.6 Å². The molecule has 4 nitrogen and oxygen atoms in total. The van der Waals surface area contributed by atoms with Crippen LogP contribution in [-0.2, 0) is 0 Å². The van der Waals surface area contributed by atoms with Crippen molar-refractivity contribution < 1.29 is 0 Å². The fourth-order valence-corrected chi connectivity index (χ4v) is 1.10. The molecular weight excluding hydrogens is 176 g/mol. The minimum atomic E-state index is 0.520. The molecule has 0 unspecified atom stereocenters. The van der Waals surface area contributed by atoms with Crippen molar-refractivity contribution in [1.29, 1.82) is 0 Å². The summed E-state index contributed by atoms with van der Waals surface area (Å²) in [6.07, 6.45) is 2.82. The van der Waals surface area contributed by atoms with Crippen LogP contribution in [0.1, 0.15) is 20.3 Å². The molecule has 4 heteroatoms. The van der Waals surface area contributed by atoms with Crippen molar-refractivity contribution in [3.8, 4) is 0 Å². The van der Waals surface area contributed by atoms with Crippen LogP contribution in [0, 0.1) is 5.92 Å². The second-order valence-electron chi connectivity index (χ2n) is 3.89. The zero-order valence-corrected chi connectivity index (χ0v) is 9.07. The van der Waals surface area contributed by atoms with E-state index in [1.807, 2.05) is 11.9 Å². The van der Waals surface area contributed by atoms with Gasteiger partial charge in [0.05, 0.1) is 0 Å². The number of aromatic nitrogens is 2. The molecule has 78 valence electrons. The van der Waals surface area contributed by atoms with Crippen molar-refractivity contribution >= 4 is 11.8 Å². The van der Waals surface area contributed by atoms with Gasteiger partial charge in [0.2, 0.25) is 5.95 Å². The smallest absolute Gasteiger partial charge is 0.226 e. The lowest BCUT2D eigenvalue weighted by molar-refractivity contribution is 0.582. The minimum absolute atomic E-state index is 0.520. The first-order valence-electron chi connectivity index (χ1n) is 4.89. The van der Waals surface area contributed by atoms with Gasteiger partial charge in [-0.05, 0) is 18.4 Å². The molecule has 0 fully saturated rings. The number of nitrogens with zero attached hydrogens (tertiary/aromatic N) is 3. The molecule has 1 aromatic heterocycles. The van der Waals surface area contributed by atoms with Crippen LogP contribution >= 0.6 is 0 Å². The number of nitrogens with two attached hydrogens (primary N) is 1. The highest BCUT2D eigenvalue weighted by molar-refractivity contribution is 5.36. The van der Waals surface area contributed by atoms with Gasteiger partial charge in [0.15, 0.2) is 0 Å². The highest BCUT2D eigenvalue weighted by Gasteiger charge is 2.04. The number of anilines is 2. The van der Waals surface area contributed by atoms with Gasteiger partial charge in [-0.2, -0.15) is 4.98 Å². The van der Waals surface area contributed by atoms with Crippen molar-refractivity contribution in [2.24, 2.45) is 5.92 Å². The molecule has 14 heavy (non-hydrogen) atoms. The van der Waals surface area contributed by atoms with Gasteiger partial charge in [-0.25, -0.2) is 4.98 Å². The highest BCUT2D eigenvalue weighted by Crippen LogP contribution is 2.08. The number of nitrogen functional groups attached to an aromatic ring is 1. The summed E-state index contributed by atoms with van der Waals surface area (Å²) in [7, 11) is 1.98. The summed E-state index contributed by atoms with van der Waals surface area (Å²) in [5.74, 6) is 1.91. The standard InChI is InChI=1S/C10H18N4/c1-8(2)5-7-14(3)10-12-6-4-9(11)13-10/h4,6,8H,5,7H2,1-3H3,(H2,11,12,13). The molecule has 0 radical (unpaired) electrons. The summed E-state index contributed by atoms with van der Waals surface area (Å²) in [4.78, 5) is 10.3. The van der Waals surface area contributed by atoms with Gasteiger partial charge in [0.25, 0.3) is 0 Å². The zero-order chi connectivity index (χ0) is 10.6. The molecule has 0 aliphatic heterocycles. The third-order valence-corrected chi connectivity index (χ3v) is 2.05. The van der Waals surface area contributed by atoms with E-state index in [1.54, 1.807) is 12.3 Å². The Morgan fingerprint density at radius 3 is 2.79 bits per heavy atom. The maximum absolute atomic E-state index is 5.57. The van der Waals surface area contributed by atoms with Crippen molar-refractivity contribution in [1.82, 2.24) is 9.97 Å². The third-order valence-electron chi connectivity index (χ3n) is 2.05. The largest absolute Gasteiger partial charge is 0.384 e. The van der Waals surface area contributed by atoms with Crippen LogP contribution in [0.5, 0.6) is 0 Å². The summed E-state index contributed by atoms with van der Waals surface area (Å²) in [6, 6.07) is 1.69. The second kappa shape index (κ2) is 4.79. The van der Waals surface area contributed by atoms with E-state index in [-0.39, 0.29) is 0 Å². The van der Waals surface area contributed by atoms with Gasteiger partial charge in [-0.1, -0.05) is 13.8 Å². The monoisotopic (exact) mass is 194 g/mol. The van der Waals surface area contributed by atoms with Gasteiger partial charge in [0, 0.05) is 19.8 Å². The first kappa shape index (κ1) is 10.8. The van der Waals surface area contributed by atoms with E-state index in [1.165, 1.54) is 0 Å². The molecule has 0 saturated heterocycles. The summed E-state index contributed by atoms with van der Waals surface area (Å²) < 4.78 is 0. The van der Waals surface area contributed by atoms with Gasteiger partial charge < -0.3 is 10.6 Å². The predicted octanol–water partition coefficient (Wildman–Crippen LogP) is 1.54. The molecule has 2 N–H and O–H groups in total. The van der Waals surface area contributed by atoms with Crippen LogP contribution in [0.25, 0.3) is 0 Å². The van der Waals surface area contributed by atoms with Crippen LogP contribution in [0.15, 0.2) is 12.3 Å². The highest BCUT2D eigenvalue weighted by atomic mass is 15.2. The van der Waals surface area contributed by atoms with Crippen LogP contribution in [0.3, 0.4) is 0 Å². The van der Waals surface area contributed by atoms with Crippen molar-refractivity contribution in [2.75, 3.05) is 24.2 Å². The Morgan fingerprint density at radius 1 is 1.50 bits per heavy atom. The third kappa shape index (κ3) is 3.20. The minimum Gasteiger partial charge on any atom is -0.384 e. The lowest BCUT2D eigenvalue weighted by atomic mass is 10.1. The van der Waals surface area contributed by atoms with Gasteiger partial charge in [-0.3, -0.25) is 0 Å². The van der Waals surface area contributed by atoms with Crippen molar-refractivity contribution in [3.05, 3.63) is 12.3 Å². The van der Waals surface area contributed by atoms with Gasteiger partial charge in [0.1, 0.15) is 5.82 Å². The molecule has 0 bridgehead atoms. The van der Waals surface area contributed by atoms with E-state index >= 15 is 0 Å². The zero-order valence-electron chi connectivity index (χ0n) is 9.07. The van der Waals surface area contributed by atoms with E-state index in [9.17, 15) is 0 Å². The van der Waals surface area contributed by atoms with Crippen molar-refractivity contribution in [3.63, 3.8) is 0 Å². The maximum atomic E-state index is 5.57. The van der Waals surface area contributed by atoms with Gasteiger partial charge >= 0.3 is 0 Å². The van der Waals surface area contributed by atoms with Crippen LogP contribution in [0.2, 0.25) is 0 Å². The van der Waals surface area contributed by atoms with E-state index in [2.05, 4.69) is 23.8 Å². The first-order valence-corrected chi connectivity index (χ1v) is 4.89. The molecule has 1 aromatic rings. The summed E-state index contributed by atoms with van der Waals surface area (Å²) in [5.41, 5.74) is 5.57. The van der Waals surface area contributed by atoms with E-state index in [0.29, 0.717) is 17.7 Å². The fourth-order valence-electron chi connectivity index (χ4n) is 1.10. The fraction of sp³-hybridized carbons (Fsp3) is 0.600. The first-order chi connectivity index (χ1) is 6.59. The Bertz CT molecular complexity index is 285. The second-order valence-corrected chi connectivity index (χ2v) is 3.89. The SMILES string of the molecule is CC(C)CCN(C)c1nccc(N)n1. The lowest BCUT2D eigenvalue weighted by Crippen LogP contribution is -2.22. The lowest BCUT2D eigenvalue weighted by Gasteiger charge is -2.17. The number of rotatable bonds is 4. The van der Waals surface area contributed by atoms with E-state index < -0.39 is 0 Å². The predicted molar refractivity (Wildman–Crippen MR) is 59.2 cm³/mol. The Morgan fingerprint density at radius 2 is 2.21 bits per heavy atom. The molecular formula is C10H18N4. The van der Waals surface area contributed by atoms with Crippen molar-refractivity contribution in [2.45, 2.75) is 20.3 Å². The topological polar surface area (TPSA) is 55.0 Å². The average molecular weight is 194 g/mol. The van der Waals surface area contributed by atoms with E-state index in [4.69, 9.17) is 5.73 Å². The molecule has 0 atom stereocenters. The molecule has 0 aromatic carbocycles. The quantitative estimate of drug-likeness (QED) is 0.790. The molecule has 1 rings (SSSR count). The number of hydrogen-bond acceptors (Lipinski definition) is 4. The van der Waals surface area contributed by atoms with Crippen LogP contribution in [-0.4, -0.2) is 23.6 Å². The summed E-state index contributed by atoms with van der Waals surface area (Å²) >= 11 is 0. The molecule has 0 aliphatic carbocycles. The summed E-state index contributed by atoms with van der Waals surface area (Å²) in [6.45, 7) is 5.36. The average Bonchev–Trinajstić information content (AvgIpc) is 2.14. The maximum Gasteiger partial charge on any atom is 0.226 e. The molecule has 0 saturated carbocycles. The Kier molecular flexibility index (Phi) is 3.68. The molecule has 0 spiro atoms. The molecule has 0 amide bonds. The summed E-state index contributed by atoms with van der Waals surface area (Å²) in [5, 5.41) is 0. The van der Waals surface area contributed by atoms with Crippen LogP contribution in [0.4, 0.5) is 11.8 Å². The Hall–Kier alpha value is -1.32. The molecule has 1 heterocycles. The Labute approximate surface area is 85.2 Å². The number of hydrogen-bond donors (Lipinski definition) is 1. The normalized spacial score (nSPS) is 10.6. The Balaban J connectivity index is 2.56. The van der Waals surface area contributed by atoms with Gasteiger partial charge in [-0.15, -0.1) is 0 Å².